The number of aromatic nitrogens is 2. The largest absolute Gasteiger partial charge is 0.493 e. The van der Waals surface area contributed by atoms with Crippen molar-refractivity contribution in [2.24, 2.45) is 0 Å². The molecule has 0 aliphatic carbocycles. The van der Waals surface area contributed by atoms with Crippen LogP contribution in [0.4, 0.5) is 0 Å². The molecule has 1 aromatic heterocycles. The number of benzene rings is 2. The number of methoxy groups -OCH3 is 1. The molecule has 2 aromatic carbocycles. The minimum Gasteiger partial charge on any atom is -0.493 e. The Kier molecular flexibility index (Phi) is 6.98. The van der Waals surface area contributed by atoms with E-state index in [1.54, 1.807) is 19.2 Å². The second-order valence-electron chi connectivity index (χ2n) is 7.39. The van der Waals surface area contributed by atoms with E-state index in [0.717, 1.165) is 4.90 Å². The molecule has 0 N–H and O–H groups in total. The first-order valence-corrected chi connectivity index (χ1v) is 10.7. The van der Waals surface area contributed by atoms with Gasteiger partial charge in [-0.15, -0.1) is 0 Å². The minimum atomic E-state index is -0.685. The molecule has 1 aliphatic rings. The lowest BCUT2D eigenvalue weighted by Gasteiger charge is -2.12. The topological polar surface area (TPSA) is 121 Å². The van der Waals surface area contributed by atoms with Gasteiger partial charge in [-0.2, -0.15) is 4.98 Å². The van der Waals surface area contributed by atoms with Crippen LogP contribution in [0.2, 0.25) is 0 Å². The first kappa shape index (κ1) is 23.1. The van der Waals surface area contributed by atoms with Crippen molar-refractivity contribution in [3.63, 3.8) is 0 Å². The van der Waals surface area contributed by atoms with Crippen LogP contribution in [0.1, 0.15) is 50.3 Å². The number of fused-ring (bicyclic) bond motifs is 1. The molecule has 0 spiro atoms. The van der Waals surface area contributed by atoms with Crippen molar-refractivity contribution in [1.29, 1.82) is 0 Å². The molecule has 0 saturated carbocycles. The van der Waals surface area contributed by atoms with E-state index in [9.17, 15) is 14.4 Å². The van der Waals surface area contributed by atoms with E-state index in [0.29, 0.717) is 36.8 Å². The molecule has 0 unspecified atom stereocenters. The lowest BCUT2D eigenvalue weighted by molar-refractivity contribution is 0.0429. The Morgan fingerprint density at radius 1 is 1.06 bits per heavy atom. The van der Waals surface area contributed by atoms with Gasteiger partial charge in [0.05, 0.1) is 28.9 Å². The molecule has 2 heterocycles. The van der Waals surface area contributed by atoms with Crippen LogP contribution < -0.4 is 4.74 Å². The van der Waals surface area contributed by atoms with E-state index >= 15 is 0 Å². The summed E-state index contributed by atoms with van der Waals surface area (Å²) in [6.07, 6.45) is 0.526. The van der Waals surface area contributed by atoms with Crippen LogP contribution in [0.25, 0.3) is 11.4 Å². The maximum atomic E-state index is 12.6. The third-order valence-electron chi connectivity index (χ3n) is 5.16. The van der Waals surface area contributed by atoms with E-state index in [1.165, 1.54) is 18.2 Å². The Hall–Kier alpha value is -4.05. The second kappa shape index (κ2) is 10.3. The van der Waals surface area contributed by atoms with Crippen molar-refractivity contribution in [2.45, 2.75) is 20.0 Å². The number of carbonyl (C=O) groups is 3. The van der Waals surface area contributed by atoms with E-state index in [-0.39, 0.29) is 41.6 Å². The minimum absolute atomic E-state index is 0.103. The molecule has 10 nitrogen and oxygen atoms in total. The number of esters is 1. The van der Waals surface area contributed by atoms with Crippen LogP contribution in [0.3, 0.4) is 0 Å². The van der Waals surface area contributed by atoms with Gasteiger partial charge in [-0.05, 0) is 43.7 Å². The predicted molar refractivity (Wildman–Crippen MR) is 118 cm³/mol. The van der Waals surface area contributed by atoms with Gasteiger partial charge in [0.25, 0.3) is 17.7 Å². The van der Waals surface area contributed by atoms with E-state index in [1.807, 2.05) is 19.1 Å². The lowest BCUT2D eigenvalue weighted by Crippen LogP contribution is -2.31. The fourth-order valence-electron chi connectivity index (χ4n) is 3.55. The van der Waals surface area contributed by atoms with Gasteiger partial charge in [0.2, 0.25) is 5.82 Å². The van der Waals surface area contributed by atoms with Gasteiger partial charge in [0.1, 0.15) is 5.75 Å². The Bertz CT molecular complexity index is 1220. The van der Waals surface area contributed by atoms with Gasteiger partial charge in [0, 0.05) is 20.3 Å². The monoisotopic (exact) mass is 465 g/mol. The molecule has 0 bridgehead atoms. The van der Waals surface area contributed by atoms with Crippen LogP contribution in [-0.4, -0.2) is 59.7 Å². The summed E-state index contributed by atoms with van der Waals surface area (Å²) in [5.74, 6) is -0.489. The molecule has 2 amide bonds. The number of nitrogens with zero attached hydrogens (tertiary/aromatic N) is 3. The Labute approximate surface area is 195 Å². The number of hydrogen-bond acceptors (Lipinski definition) is 9. The number of para-hydroxylation sites is 1. The second-order valence-corrected chi connectivity index (χ2v) is 7.39. The molecule has 1 aliphatic heterocycles. The van der Waals surface area contributed by atoms with Crippen LogP contribution in [0.5, 0.6) is 5.75 Å². The molecular formula is C24H23N3O7. The molecule has 3 aromatic rings. The zero-order valence-corrected chi connectivity index (χ0v) is 18.8. The molecular weight excluding hydrogens is 442 g/mol. The highest BCUT2D eigenvalue weighted by Crippen LogP contribution is 2.28. The summed E-state index contributed by atoms with van der Waals surface area (Å²) in [5.41, 5.74) is 1.22. The molecule has 176 valence electrons. The fourth-order valence-corrected chi connectivity index (χ4v) is 3.55. The third kappa shape index (κ3) is 4.67. The summed E-state index contributed by atoms with van der Waals surface area (Å²) < 4.78 is 21.0. The zero-order chi connectivity index (χ0) is 24.1. The van der Waals surface area contributed by atoms with Crippen molar-refractivity contribution in [3.05, 3.63) is 65.0 Å². The van der Waals surface area contributed by atoms with E-state index in [2.05, 4.69) is 10.1 Å². The summed E-state index contributed by atoms with van der Waals surface area (Å²) in [7, 11) is 1.55. The van der Waals surface area contributed by atoms with Crippen molar-refractivity contribution in [2.75, 3.05) is 26.9 Å². The molecule has 0 atom stereocenters. The highest BCUT2D eigenvalue weighted by Gasteiger charge is 2.35. The summed E-state index contributed by atoms with van der Waals surface area (Å²) in [6, 6.07) is 11.5. The van der Waals surface area contributed by atoms with Crippen molar-refractivity contribution in [1.82, 2.24) is 15.0 Å². The number of amides is 2. The number of carbonyl (C=O) groups excluding carboxylic acids is 3. The summed E-state index contributed by atoms with van der Waals surface area (Å²) >= 11 is 0. The zero-order valence-electron chi connectivity index (χ0n) is 18.8. The summed E-state index contributed by atoms with van der Waals surface area (Å²) in [6.45, 7) is 2.78. The number of ether oxygens (including phenoxy) is 3. The highest BCUT2D eigenvalue weighted by atomic mass is 16.6. The lowest BCUT2D eigenvalue weighted by atomic mass is 10.1. The molecule has 10 heteroatoms. The third-order valence-corrected chi connectivity index (χ3v) is 5.16. The molecule has 4 rings (SSSR count). The van der Waals surface area contributed by atoms with Gasteiger partial charge < -0.3 is 18.7 Å². The summed E-state index contributed by atoms with van der Waals surface area (Å²) in [5, 5.41) is 3.93. The SMILES string of the molecule is CCOc1ccccc1-c1noc(COC(=O)c2ccc3c(c2)C(=O)N(CCCOC)C3=O)n1. The van der Waals surface area contributed by atoms with E-state index < -0.39 is 11.9 Å². The average Bonchev–Trinajstić information content (AvgIpc) is 3.42. The van der Waals surface area contributed by atoms with Crippen LogP contribution in [-0.2, 0) is 16.1 Å². The van der Waals surface area contributed by atoms with Gasteiger partial charge in [-0.1, -0.05) is 17.3 Å². The number of hydrogen-bond donors (Lipinski definition) is 0. The summed E-state index contributed by atoms with van der Waals surface area (Å²) in [4.78, 5) is 43.1. The average molecular weight is 465 g/mol. The molecule has 0 fully saturated rings. The smallest absolute Gasteiger partial charge is 0.338 e. The van der Waals surface area contributed by atoms with Crippen molar-refractivity contribution >= 4 is 17.8 Å². The number of imide groups is 1. The first-order valence-electron chi connectivity index (χ1n) is 10.7. The number of rotatable bonds is 10. The van der Waals surface area contributed by atoms with E-state index in [4.69, 9.17) is 18.7 Å². The molecule has 0 saturated heterocycles. The fraction of sp³-hybridized carbons (Fsp3) is 0.292. The van der Waals surface area contributed by atoms with Gasteiger partial charge in [-0.25, -0.2) is 4.79 Å². The predicted octanol–water partition coefficient (Wildman–Crippen LogP) is 3.12. The van der Waals surface area contributed by atoms with Gasteiger partial charge in [0.15, 0.2) is 6.61 Å². The van der Waals surface area contributed by atoms with Gasteiger partial charge in [-0.3, -0.25) is 14.5 Å². The van der Waals surface area contributed by atoms with Crippen molar-refractivity contribution < 1.29 is 33.1 Å². The van der Waals surface area contributed by atoms with Crippen LogP contribution in [0, 0.1) is 0 Å². The maximum absolute atomic E-state index is 12.6. The highest BCUT2D eigenvalue weighted by molar-refractivity contribution is 6.21. The van der Waals surface area contributed by atoms with Crippen molar-refractivity contribution in [3.8, 4) is 17.1 Å². The maximum Gasteiger partial charge on any atom is 0.338 e. The normalized spacial score (nSPS) is 12.7. The molecule has 34 heavy (non-hydrogen) atoms. The van der Waals surface area contributed by atoms with Gasteiger partial charge >= 0.3 is 5.97 Å². The standard InChI is InChI=1S/C24H23N3O7/c1-3-32-19-8-5-4-7-17(19)21-25-20(34-26-21)14-33-24(30)15-9-10-16-18(13-15)23(29)27(22(16)28)11-6-12-31-2/h4-5,7-10,13H,3,6,11-12,14H2,1-2H3. The molecule has 0 radical (unpaired) electrons. The van der Waals surface area contributed by atoms with Crippen LogP contribution in [0.15, 0.2) is 47.0 Å². The first-order chi connectivity index (χ1) is 16.5. The Morgan fingerprint density at radius 2 is 1.85 bits per heavy atom. The quantitative estimate of drug-likeness (QED) is 0.252. The Balaban J connectivity index is 1.42. The Morgan fingerprint density at radius 3 is 2.65 bits per heavy atom. The van der Waals surface area contributed by atoms with Crippen LogP contribution >= 0.6 is 0 Å².